The normalized spacial score (nSPS) is 17.9. The predicted octanol–water partition coefficient (Wildman–Crippen LogP) is 3.52. The van der Waals surface area contributed by atoms with Crippen LogP contribution in [0.15, 0.2) is 48.5 Å². The molecule has 1 fully saturated rings. The van der Waals surface area contributed by atoms with Gasteiger partial charge >= 0.3 is 0 Å². The van der Waals surface area contributed by atoms with Crippen molar-refractivity contribution in [3.63, 3.8) is 0 Å². The zero-order valence-electron chi connectivity index (χ0n) is 15.2. The van der Waals surface area contributed by atoms with E-state index >= 15 is 0 Å². The lowest BCUT2D eigenvalue weighted by molar-refractivity contribution is -0.123. The molecule has 2 heterocycles. The molecule has 2 atom stereocenters. The Morgan fingerprint density at radius 1 is 1.30 bits per heavy atom. The molecule has 1 N–H and O–H groups in total. The molecule has 140 valence electrons. The fraction of sp³-hybridized carbons (Fsp3) is 0.333. The Bertz CT molecular complexity index is 946. The zero-order valence-corrected chi connectivity index (χ0v) is 15.2. The van der Waals surface area contributed by atoms with Gasteiger partial charge in [0.2, 0.25) is 5.91 Å². The van der Waals surface area contributed by atoms with Crippen LogP contribution >= 0.6 is 0 Å². The van der Waals surface area contributed by atoms with Crippen LogP contribution in [-0.2, 0) is 16.1 Å². The van der Waals surface area contributed by atoms with E-state index in [1.165, 1.54) is 12.1 Å². The average molecular weight is 367 g/mol. The molecule has 27 heavy (non-hydrogen) atoms. The van der Waals surface area contributed by atoms with Crippen LogP contribution in [0.5, 0.6) is 0 Å². The summed E-state index contributed by atoms with van der Waals surface area (Å²) in [6, 6.07) is 13.7. The maximum absolute atomic E-state index is 13.3. The van der Waals surface area contributed by atoms with Crippen LogP contribution in [-0.4, -0.2) is 28.2 Å². The highest BCUT2D eigenvalue weighted by molar-refractivity contribution is 5.81. The van der Waals surface area contributed by atoms with E-state index < -0.39 is 0 Å². The molecule has 1 aliphatic rings. The second kappa shape index (κ2) is 7.48. The zero-order chi connectivity index (χ0) is 18.8. The highest BCUT2D eigenvalue weighted by Crippen LogP contribution is 2.27. The predicted molar refractivity (Wildman–Crippen MR) is 101 cm³/mol. The number of ether oxygens (including phenoxy) is 1. The third-order valence-electron chi connectivity index (χ3n) is 5.03. The fourth-order valence-corrected chi connectivity index (χ4v) is 3.68. The summed E-state index contributed by atoms with van der Waals surface area (Å²) in [7, 11) is 0. The number of rotatable bonds is 5. The van der Waals surface area contributed by atoms with Crippen LogP contribution in [0.2, 0.25) is 0 Å². The van der Waals surface area contributed by atoms with Crippen molar-refractivity contribution in [3.05, 3.63) is 65.7 Å². The smallest absolute Gasteiger partial charge is 0.240 e. The number of benzene rings is 2. The van der Waals surface area contributed by atoms with Crippen molar-refractivity contribution in [3.8, 4) is 0 Å². The van der Waals surface area contributed by atoms with Gasteiger partial charge in [0.15, 0.2) is 0 Å². The van der Waals surface area contributed by atoms with Gasteiger partial charge < -0.3 is 14.6 Å². The van der Waals surface area contributed by atoms with E-state index in [2.05, 4.69) is 10.3 Å². The van der Waals surface area contributed by atoms with Crippen molar-refractivity contribution >= 4 is 16.9 Å². The van der Waals surface area contributed by atoms with Crippen LogP contribution in [0.1, 0.15) is 30.3 Å². The van der Waals surface area contributed by atoms with Gasteiger partial charge in [0.25, 0.3) is 0 Å². The monoisotopic (exact) mass is 367 g/mol. The molecular weight excluding hydrogens is 345 g/mol. The first kappa shape index (κ1) is 17.7. The molecule has 2 aromatic carbocycles. The topological polar surface area (TPSA) is 56.2 Å². The largest absolute Gasteiger partial charge is 0.376 e. The number of nitrogens with one attached hydrogen (secondary N) is 1. The molecule has 0 bridgehead atoms. The number of aromatic nitrogens is 2. The van der Waals surface area contributed by atoms with Gasteiger partial charge in [0.1, 0.15) is 18.2 Å². The summed E-state index contributed by atoms with van der Waals surface area (Å²) < 4.78 is 21.0. The molecule has 0 unspecified atom stereocenters. The van der Waals surface area contributed by atoms with Gasteiger partial charge in [-0.25, -0.2) is 9.37 Å². The van der Waals surface area contributed by atoms with Crippen molar-refractivity contribution in [2.45, 2.75) is 38.5 Å². The number of carbonyl (C=O) groups is 1. The first-order valence-electron chi connectivity index (χ1n) is 9.20. The van der Waals surface area contributed by atoms with Gasteiger partial charge in [0, 0.05) is 6.61 Å². The first-order chi connectivity index (χ1) is 13.1. The highest BCUT2D eigenvalue weighted by Gasteiger charge is 2.29. The lowest BCUT2D eigenvalue weighted by atomic mass is 9.99. The van der Waals surface area contributed by atoms with Crippen LogP contribution in [0, 0.1) is 12.7 Å². The van der Waals surface area contributed by atoms with Crippen LogP contribution in [0.25, 0.3) is 11.0 Å². The minimum absolute atomic E-state index is 0.0972. The van der Waals surface area contributed by atoms with Gasteiger partial charge in [-0.05, 0) is 49.6 Å². The summed E-state index contributed by atoms with van der Waals surface area (Å²) in [5.41, 5.74) is 2.65. The Hall–Kier alpha value is -2.73. The standard InChI is InChI=1S/C21H22FN3O2/c1-14-23-17-5-2-3-6-18(17)25(14)13-20(26)24-21(19-7-4-12-27-19)15-8-10-16(22)11-9-15/h2-3,5-6,8-11,19,21H,4,7,12-13H2,1H3,(H,24,26)/t19-,21-/m1/s1. The van der Waals surface area contributed by atoms with Crippen molar-refractivity contribution < 1.29 is 13.9 Å². The summed E-state index contributed by atoms with van der Waals surface area (Å²) in [6.07, 6.45) is 1.74. The molecule has 6 heteroatoms. The maximum Gasteiger partial charge on any atom is 0.240 e. The molecule has 1 aliphatic heterocycles. The summed E-state index contributed by atoms with van der Waals surface area (Å²) in [4.78, 5) is 17.3. The molecule has 5 nitrogen and oxygen atoms in total. The number of fused-ring (bicyclic) bond motifs is 1. The molecule has 1 saturated heterocycles. The van der Waals surface area contributed by atoms with Crippen molar-refractivity contribution in [2.75, 3.05) is 6.61 Å². The van der Waals surface area contributed by atoms with Gasteiger partial charge in [0.05, 0.1) is 23.2 Å². The van der Waals surface area contributed by atoms with E-state index in [9.17, 15) is 9.18 Å². The molecule has 0 radical (unpaired) electrons. The Morgan fingerprint density at radius 2 is 2.07 bits per heavy atom. The second-order valence-corrected chi connectivity index (χ2v) is 6.88. The van der Waals surface area contributed by atoms with E-state index in [0.717, 1.165) is 35.3 Å². The molecule has 1 aromatic heterocycles. The van der Waals surface area contributed by atoms with E-state index in [0.29, 0.717) is 6.61 Å². The van der Waals surface area contributed by atoms with E-state index in [4.69, 9.17) is 4.74 Å². The van der Waals surface area contributed by atoms with Gasteiger partial charge in [-0.1, -0.05) is 24.3 Å². The third kappa shape index (κ3) is 3.71. The van der Waals surface area contributed by atoms with Crippen molar-refractivity contribution in [1.29, 1.82) is 0 Å². The number of aryl methyl sites for hydroxylation is 1. The minimum atomic E-state index is -0.296. The summed E-state index contributed by atoms with van der Waals surface area (Å²) in [6.45, 7) is 2.76. The Kier molecular flexibility index (Phi) is 4.90. The van der Waals surface area contributed by atoms with Crippen LogP contribution in [0.3, 0.4) is 0 Å². The van der Waals surface area contributed by atoms with Gasteiger partial charge in [-0.2, -0.15) is 0 Å². The number of imidazole rings is 1. The lowest BCUT2D eigenvalue weighted by Crippen LogP contribution is -2.38. The summed E-state index contributed by atoms with van der Waals surface area (Å²) in [5, 5.41) is 3.09. The maximum atomic E-state index is 13.3. The molecular formula is C21H22FN3O2. The van der Waals surface area contributed by atoms with Crippen molar-refractivity contribution in [2.24, 2.45) is 0 Å². The number of para-hydroxylation sites is 2. The van der Waals surface area contributed by atoms with E-state index in [1.807, 2.05) is 35.8 Å². The van der Waals surface area contributed by atoms with E-state index in [1.54, 1.807) is 12.1 Å². The molecule has 4 rings (SSSR count). The first-order valence-corrected chi connectivity index (χ1v) is 9.20. The SMILES string of the molecule is Cc1nc2ccccc2n1CC(=O)N[C@H](c1ccc(F)cc1)[C@H]1CCCO1. The number of amides is 1. The van der Waals surface area contributed by atoms with Crippen LogP contribution in [0.4, 0.5) is 4.39 Å². The van der Waals surface area contributed by atoms with Gasteiger partial charge in [-0.3, -0.25) is 4.79 Å². The highest BCUT2D eigenvalue weighted by atomic mass is 19.1. The number of halogens is 1. The molecule has 0 aliphatic carbocycles. The summed E-state index contributed by atoms with van der Waals surface area (Å²) in [5.74, 6) is 0.379. The average Bonchev–Trinajstić information content (AvgIpc) is 3.29. The fourth-order valence-electron chi connectivity index (χ4n) is 3.68. The number of hydrogen-bond acceptors (Lipinski definition) is 3. The molecule has 1 amide bonds. The van der Waals surface area contributed by atoms with E-state index in [-0.39, 0.29) is 30.4 Å². The minimum Gasteiger partial charge on any atom is -0.376 e. The van der Waals surface area contributed by atoms with Crippen LogP contribution < -0.4 is 5.32 Å². The quantitative estimate of drug-likeness (QED) is 0.751. The number of carbonyl (C=O) groups excluding carboxylic acids is 1. The Labute approximate surface area is 157 Å². The number of nitrogens with zero attached hydrogens (tertiary/aromatic N) is 2. The Morgan fingerprint density at radius 3 is 2.81 bits per heavy atom. The third-order valence-corrected chi connectivity index (χ3v) is 5.03. The van der Waals surface area contributed by atoms with Gasteiger partial charge in [-0.15, -0.1) is 0 Å². The lowest BCUT2D eigenvalue weighted by Gasteiger charge is -2.25. The Balaban J connectivity index is 1.56. The summed E-state index contributed by atoms with van der Waals surface area (Å²) >= 11 is 0. The van der Waals surface area contributed by atoms with Crippen molar-refractivity contribution in [1.82, 2.24) is 14.9 Å². The molecule has 0 spiro atoms. The molecule has 3 aromatic rings. The molecule has 0 saturated carbocycles. The number of hydrogen-bond donors (Lipinski definition) is 1. The second-order valence-electron chi connectivity index (χ2n) is 6.88.